The number of rotatable bonds is 4. The van der Waals surface area contributed by atoms with Gasteiger partial charge in [0.15, 0.2) is 0 Å². The molecule has 2 aromatic carbocycles. The Morgan fingerprint density at radius 2 is 1.67 bits per heavy atom. The van der Waals surface area contributed by atoms with E-state index in [1.165, 1.54) is 33.9 Å². The Balaban J connectivity index is 0.00000256. The van der Waals surface area contributed by atoms with Crippen molar-refractivity contribution in [2.24, 2.45) is 0 Å². The van der Waals surface area contributed by atoms with Gasteiger partial charge in [0.2, 0.25) is 0 Å². The first-order valence-corrected chi connectivity index (χ1v) is 9.86. The Kier molecular flexibility index (Phi) is 6.23. The van der Waals surface area contributed by atoms with Gasteiger partial charge in [0.05, 0.1) is 5.69 Å². The van der Waals surface area contributed by atoms with Gasteiger partial charge >= 0.3 is 0 Å². The van der Waals surface area contributed by atoms with Crippen molar-refractivity contribution in [3.8, 4) is 5.69 Å². The summed E-state index contributed by atoms with van der Waals surface area (Å²) in [7, 11) is 4.13. The average Bonchev–Trinajstić information content (AvgIpc) is 3.00. The molecule has 0 saturated carbocycles. The van der Waals surface area contributed by atoms with Crippen LogP contribution in [0.3, 0.4) is 0 Å². The molecule has 2 heterocycles. The van der Waals surface area contributed by atoms with E-state index in [4.69, 9.17) is 0 Å². The molecule has 0 saturated heterocycles. The standard InChI is InChI=1S/C26H27N3.ClH/c1-19-11-12-23-18-25(27(4)5)13-14-26(23)28(19)16-15-22-17-20(2)29(21(22)3)24-9-7-6-8-10-24;/h6-18H,1H2,2-5H3;1H/b16-15+;. The van der Waals surface area contributed by atoms with Crippen molar-refractivity contribution in [2.75, 3.05) is 23.9 Å². The smallest absolute Gasteiger partial charge is 0.0529 e. The third-order valence-electron chi connectivity index (χ3n) is 5.44. The molecule has 1 aliphatic rings. The Morgan fingerprint density at radius 1 is 0.933 bits per heavy atom. The van der Waals surface area contributed by atoms with Crippen LogP contribution >= 0.6 is 12.4 Å². The summed E-state index contributed by atoms with van der Waals surface area (Å²) in [6, 6.07) is 19.2. The van der Waals surface area contributed by atoms with Crippen LogP contribution in [0.1, 0.15) is 22.5 Å². The molecule has 4 rings (SSSR count). The highest BCUT2D eigenvalue weighted by molar-refractivity contribution is 5.85. The molecule has 3 nitrogen and oxygen atoms in total. The number of allylic oxidation sites excluding steroid dienone is 1. The summed E-state index contributed by atoms with van der Waals surface area (Å²) < 4.78 is 2.29. The number of hydrogen-bond donors (Lipinski definition) is 0. The van der Waals surface area contributed by atoms with Crippen LogP contribution < -0.4 is 9.80 Å². The maximum Gasteiger partial charge on any atom is 0.0529 e. The minimum absolute atomic E-state index is 0. The monoisotopic (exact) mass is 417 g/mol. The van der Waals surface area contributed by atoms with Crippen molar-refractivity contribution in [1.82, 2.24) is 4.57 Å². The molecule has 4 heteroatoms. The number of benzene rings is 2. The average molecular weight is 418 g/mol. The molecule has 0 fully saturated rings. The van der Waals surface area contributed by atoms with Gasteiger partial charge in [0, 0.05) is 54.3 Å². The van der Waals surface area contributed by atoms with E-state index in [2.05, 4.69) is 122 Å². The first kappa shape index (κ1) is 21.5. The molecule has 0 amide bonds. The van der Waals surface area contributed by atoms with Gasteiger partial charge in [-0.15, -0.1) is 12.4 Å². The third kappa shape index (κ3) is 3.94. The summed E-state index contributed by atoms with van der Waals surface area (Å²) in [5.41, 5.74) is 9.35. The van der Waals surface area contributed by atoms with Crippen LogP contribution in [0.15, 0.2) is 79.1 Å². The van der Waals surface area contributed by atoms with E-state index in [1.807, 2.05) is 6.07 Å². The Morgan fingerprint density at radius 3 is 2.37 bits per heavy atom. The maximum absolute atomic E-state index is 4.23. The normalized spacial score (nSPS) is 12.8. The number of fused-ring (bicyclic) bond motifs is 1. The number of nitrogens with zero attached hydrogens (tertiary/aromatic N) is 3. The van der Waals surface area contributed by atoms with Crippen LogP contribution in [0.25, 0.3) is 17.8 Å². The zero-order valence-electron chi connectivity index (χ0n) is 18.0. The van der Waals surface area contributed by atoms with Crippen LogP contribution in [-0.2, 0) is 0 Å². The number of anilines is 2. The van der Waals surface area contributed by atoms with Crippen molar-refractivity contribution in [1.29, 1.82) is 0 Å². The van der Waals surface area contributed by atoms with Crippen molar-refractivity contribution in [3.05, 3.63) is 102 Å². The molecular formula is C26H28ClN3. The van der Waals surface area contributed by atoms with Crippen molar-refractivity contribution >= 4 is 35.9 Å². The minimum Gasteiger partial charge on any atom is -0.378 e. The number of aryl methyl sites for hydroxylation is 1. The lowest BCUT2D eigenvalue weighted by atomic mass is 10.1. The summed E-state index contributed by atoms with van der Waals surface area (Å²) >= 11 is 0. The van der Waals surface area contributed by atoms with Gasteiger partial charge in [-0.05, 0) is 68.0 Å². The summed E-state index contributed by atoms with van der Waals surface area (Å²) in [4.78, 5) is 4.28. The van der Waals surface area contributed by atoms with Gasteiger partial charge < -0.3 is 14.4 Å². The SMILES string of the molecule is C=C1C=Cc2cc(N(C)C)ccc2N1/C=C/c1cc(C)n(-c2ccccc2)c1C.Cl. The van der Waals surface area contributed by atoms with Gasteiger partial charge in [0.25, 0.3) is 0 Å². The maximum atomic E-state index is 4.23. The first-order valence-electron chi connectivity index (χ1n) is 9.86. The highest BCUT2D eigenvalue weighted by atomic mass is 35.5. The number of aromatic nitrogens is 1. The molecule has 0 atom stereocenters. The van der Waals surface area contributed by atoms with E-state index in [0.717, 1.165) is 11.4 Å². The molecule has 1 aromatic heterocycles. The summed E-state index contributed by atoms with van der Waals surface area (Å²) in [5.74, 6) is 0. The van der Waals surface area contributed by atoms with Crippen LogP contribution in [-0.4, -0.2) is 18.7 Å². The van der Waals surface area contributed by atoms with Gasteiger partial charge in [0.1, 0.15) is 0 Å². The molecule has 30 heavy (non-hydrogen) atoms. The fourth-order valence-electron chi connectivity index (χ4n) is 3.86. The predicted octanol–water partition coefficient (Wildman–Crippen LogP) is 6.60. The summed E-state index contributed by atoms with van der Waals surface area (Å²) in [5, 5.41) is 0. The Bertz CT molecular complexity index is 1120. The quantitative estimate of drug-likeness (QED) is 0.473. The second kappa shape index (κ2) is 8.68. The number of hydrogen-bond acceptors (Lipinski definition) is 2. The largest absolute Gasteiger partial charge is 0.378 e. The Hall–Kier alpha value is -3.17. The van der Waals surface area contributed by atoms with Crippen molar-refractivity contribution in [2.45, 2.75) is 13.8 Å². The van der Waals surface area contributed by atoms with E-state index in [9.17, 15) is 0 Å². The molecule has 0 aliphatic carbocycles. The second-order valence-corrected chi connectivity index (χ2v) is 7.65. The lowest BCUT2D eigenvalue weighted by molar-refractivity contribution is 0.964. The molecular weight excluding hydrogens is 390 g/mol. The highest BCUT2D eigenvalue weighted by Gasteiger charge is 2.16. The fraction of sp³-hybridized carbons (Fsp3) is 0.154. The Labute approximate surface area is 185 Å². The second-order valence-electron chi connectivity index (χ2n) is 7.65. The van der Waals surface area contributed by atoms with Gasteiger partial charge in [-0.25, -0.2) is 0 Å². The zero-order valence-corrected chi connectivity index (χ0v) is 18.8. The van der Waals surface area contributed by atoms with Gasteiger partial charge in [-0.2, -0.15) is 0 Å². The molecule has 1 aliphatic heterocycles. The van der Waals surface area contributed by atoms with Crippen LogP contribution in [0.4, 0.5) is 11.4 Å². The third-order valence-corrected chi connectivity index (χ3v) is 5.44. The molecule has 0 N–H and O–H groups in total. The number of para-hydroxylation sites is 1. The van der Waals surface area contributed by atoms with E-state index < -0.39 is 0 Å². The van der Waals surface area contributed by atoms with Crippen molar-refractivity contribution in [3.63, 3.8) is 0 Å². The van der Waals surface area contributed by atoms with E-state index >= 15 is 0 Å². The van der Waals surface area contributed by atoms with Crippen molar-refractivity contribution < 1.29 is 0 Å². The fourth-order valence-corrected chi connectivity index (χ4v) is 3.86. The van der Waals surface area contributed by atoms with Crippen LogP contribution in [0.2, 0.25) is 0 Å². The molecule has 154 valence electrons. The topological polar surface area (TPSA) is 11.4 Å². The molecule has 0 radical (unpaired) electrons. The number of halogens is 1. The molecule has 0 unspecified atom stereocenters. The first-order chi connectivity index (χ1) is 14.0. The molecule has 0 bridgehead atoms. The molecule has 0 spiro atoms. The van der Waals surface area contributed by atoms with E-state index in [0.29, 0.717) is 0 Å². The van der Waals surface area contributed by atoms with Gasteiger partial charge in [-0.1, -0.05) is 30.9 Å². The van der Waals surface area contributed by atoms with E-state index in [-0.39, 0.29) is 12.4 Å². The van der Waals surface area contributed by atoms with Gasteiger partial charge in [-0.3, -0.25) is 0 Å². The summed E-state index contributed by atoms with van der Waals surface area (Å²) in [6.07, 6.45) is 8.50. The molecule has 3 aromatic rings. The minimum atomic E-state index is 0. The van der Waals surface area contributed by atoms with Crippen LogP contribution in [0, 0.1) is 13.8 Å². The van der Waals surface area contributed by atoms with E-state index in [1.54, 1.807) is 0 Å². The zero-order chi connectivity index (χ0) is 20.5. The summed E-state index contributed by atoms with van der Waals surface area (Å²) in [6.45, 7) is 8.55. The predicted molar refractivity (Wildman–Crippen MR) is 133 cm³/mol. The van der Waals surface area contributed by atoms with Crippen LogP contribution in [0.5, 0.6) is 0 Å². The lowest BCUT2D eigenvalue weighted by Gasteiger charge is -2.27. The highest BCUT2D eigenvalue weighted by Crippen LogP contribution is 2.34. The lowest BCUT2D eigenvalue weighted by Crippen LogP contribution is -2.17.